The van der Waals surface area contributed by atoms with Gasteiger partial charge < -0.3 is 10.1 Å². The molecule has 0 bridgehead atoms. The summed E-state index contributed by atoms with van der Waals surface area (Å²) in [5.74, 6) is 1.60. The lowest BCUT2D eigenvalue weighted by molar-refractivity contribution is 0.256. The van der Waals surface area contributed by atoms with Gasteiger partial charge >= 0.3 is 0 Å². The van der Waals surface area contributed by atoms with E-state index in [1.54, 1.807) is 0 Å². The van der Waals surface area contributed by atoms with Crippen molar-refractivity contribution < 1.29 is 4.74 Å². The minimum atomic E-state index is 0.626. The molecule has 0 spiro atoms. The Balaban J connectivity index is 2.38. The summed E-state index contributed by atoms with van der Waals surface area (Å²) >= 11 is 0. The first-order chi connectivity index (χ1) is 7.76. The maximum Gasteiger partial charge on any atom is 0.119 e. The first kappa shape index (κ1) is 13.0. The first-order valence-electron chi connectivity index (χ1n) is 6.18. The zero-order valence-electron chi connectivity index (χ0n) is 10.6. The zero-order valence-corrected chi connectivity index (χ0v) is 10.6. The lowest BCUT2D eigenvalue weighted by Crippen LogP contribution is -2.11. The normalized spacial score (nSPS) is 12.4. The fourth-order valence-corrected chi connectivity index (χ4v) is 1.33. The van der Waals surface area contributed by atoms with Crippen LogP contribution >= 0.6 is 0 Å². The third-order valence-electron chi connectivity index (χ3n) is 2.73. The smallest absolute Gasteiger partial charge is 0.119 e. The molecule has 1 rings (SSSR count). The molecule has 0 aliphatic heterocycles. The van der Waals surface area contributed by atoms with E-state index in [2.05, 4.69) is 50.4 Å². The van der Waals surface area contributed by atoms with Gasteiger partial charge in [-0.25, -0.2) is 0 Å². The summed E-state index contributed by atoms with van der Waals surface area (Å²) in [6.45, 7) is 9.26. The van der Waals surface area contributed by atoms with E-state index in [4.69, 9.17) is 4.74 Å². The van der Waals surface area contributed by atoms with Crippen molar-refractivity contribution in [3.63, 3.8) is 0 Å². The van der Waals surface area contributed by atoms with E-state index in [9.17, 15) is 0 Å². The highest BCUT2D eigenvalue weighted by Crippen LogP contribution is 2.13. The van der Waals surface area contributed by atoms with Crippen LogP contribution in [0.15, 0.2) is 24.3 Å². The van der Waals surface area contributed by atoms with Crippen molar-refractivity contribution in [1.29, 1.82) is 0 Å². The molecule has 1 atom stereocenters. The molecule has 0 heterocycles. The third-order valence-corrected chi connectivity index (χ3v) is 2.73. The van der Waals surface area contributed by atoms with Gasteiger partial charge in [-0.1, -0.05) is 39.3 Å². The molecular weight excluding hydrogens is 198 g/mol. The van der Waals surface area contributed by atoms with Gasteiger partial charge in [0.05, 0.1) is 6.61 Å². The number of ether oxygens (including phenoxy) is 1. The summed E-state index contributed by atoms with van der Waals surface area (Å²) in [6.07, 6.45) is 1.17. The molecule has 2 heteroatoms. The fraction of sp³-hybridized carbons (Fsp3) is 0.571. The van der Waals surface area contributed by atoms with Crippen molar-refractivity contribution in [3.8, 4) is 5.75 Å². The second-order valence-corrected chi connectivity index (χ2v) is 4.25. The number of nitrogens with one attached hydrogen (secondary N) is 1. The minimum Gasteiger partial charge on any atom is -0.493 e. The van der Waals surface area contributed by atoms with Gasteiger partial charge in [0.25, 0.3) is 0 Å². The standard InChI is InChI=1S/C14H23NO/c1-4-12(3)11-16-14-8-6-13(7-9-14)10-15-5-2/h6-9,12,15H,4-5,10-11H2,1-3H3. The molecule has 1 unspecified atom stereocenters. The van der Waals surface area contributed by atoms with Crippen LogP contribution < -0.4 is 10.1 Å². The Kier molecular flexibility index (Phi) is 5.94. The minimum absolute atomic E-state index is 0.626. The van der Waals surface area contributed by atoms with Crippen LogP contribution in [0.4, 0.5) is 0 Å². The van der Waals surface area contributed by atoms with Crippen LogP contribution in [0.5, 0.6) is 5.75 Å². The molecule has 0 aromatic heterocycles. The summed E-state index contributed by atoms with van der Waals surface area (Å²) < 4.78 is 5.70. The molecule has 0 aliphatic rings. The second kappa shape index (κ2) is 7.29. The Morgan fingerprint density at radius 1 is 1.19 bits per heavy atom. The highest BCUT2D eigenvalue weighted by atomic mass is 16.5. The molecule has 0 radical (unpaired) electrons. The lowest BCUT2D eigenvalue weighted by atomic mass is 10.1. The van der Waals surface area contributed by atoms with E-state index in [1.807, 2.05) is 0 Å². The van der Waals surface area contributed by atoms with Crippen molar-refractivity contribution in [2.75, 3.05) is 13.2 Å². The number of hydrogen-bond acceptors (Lipinski definition) is 2. The molecule has 0 aliphatic carbocycles. The van der Waals surface area contributed by atoms with Crippen LogP contribution in [0.1, 0.15) is 32.8 Å². The highest BCUT2D eigenvalue weighted by Gasteiger charge is 2.00. The third kappa shape index (κ3) is 4.67. The van der Waals surface area contributed by atoms with Gasteiger partial charge in [0.1, 0.15) is 5.75 Å². The Morgan fingerprint density at radius 2 is 1.88 bits per heavy atom. The van der Waals surface area contributed by atoms with Crippen molar-refractivity contribution in [3.05, 3.63) is 29.8 Å². The number of benzene rings is 1. The Morgan fingerprint density at radius 3 is 2.44 bits per heavy atom. The van der Waals surface area contributed by atoms with Crippen LogP contribution in [0.2, 0.25) is 0 Å². The highest BCUT2D eigenvalue weighted by molar-refractivity contribution is 5.27. The number of rotatable bonds is 7. The van der Waals surface area contributed by atoms with Gasteiger partial charge in [-0.05, 0) is 30.2 Å². The van der Waals surface area contributed by atoms with Crippen molar-refractivity contribution in [1.82, 2.24) is 5.32 Å². The summed E-state index contributed by atoms with van der Waals surface area (Å²) in [5.41, 5.74) is 1.30. The summed E-state index contributed by atoms with van der Waals surface area (Å²) in [7, 11) is 0. The molecule has 16 heavy (non-hydrogen) atoms. The zero-order chi connectivity index (χ0) is 11.8. The van der Waals surface area contributed by atoms with E-state index in [0.717, 1.165) is 25.4 Å². The molecule has 0 saturated carbocycles. The Bertz CT molecular complexity index is 281. The Labute approximate surface area is 99.0 Å². The topological polar surface area (TPSA) is 21.3 Å². The van der Waals surface area contributed by atoms with E-state index in [1.165, 1.54) is 12.0 Å². The van der Waals surface area contributed by atoms with Crippen LogP contribution in [0.3, 0.4) is 0 Å². The maximum absolute atomic E-state index is 5.70. The lowest BCUT2D eigenvalue weighted by Gasteiger charge is -2.11. The molecule has 1 aromatic rings. The SMILES string of the molecule is CCNCc1ccc(OCC(C)CC)cc1. The molecule has 90 valence electrons. The van der Waals surface area contributed by atoms with Crippen molar-refractivity contribution in [2.24, 2.45) is 5.92 Å². The maximum atomic E-state index is 5.70. The predicted octanol–water partition coefficient (Wildman–Crippen LogP) is 3.22. The molecule has 0 saturated heterocycles. The van der Waals surface area contributed by atoms with Gasteiger partial charge in [0.15, 0.2) is 0 Å². The predicted molar refractivity (Wildman–Crippen MR) is 68.8 cm³/mol. The van der Waals surface area contributed by atoms with Gasteiger partial charge in [-0.3, -0.25) is 0 Å². The van der Waals surface area contributed by atoms with Crippen molar-refractivity contribution in [2.45, 2.75) is 33.7 Å². The van der Waals surface area contributed by atoms with Gasteiger partial charge in [-0.2, -0.15) is 0 Å². The fourth-order valence-electron chi connectivity index (χ4n) is 1.33. The van der Waals surface area contributed by atoms with Crippen molar-refractivity contribution >= 4 is 0 Å². The average Bonchev–Trinajstić information content (AvgIpc) is 2.34. The van der Waals surface area contributed by atoms with E-state index in [-0.39, 0.29) is 0 Å². The van der Waals surface area contributed by atoms with Crippen LogP contribution in [0, 0.1) is 5.92 Å². The van der Waals surface area contributed by atoms with Crippen LogP contribution in [0.25, 0.3) is 0 Å². The average molecular weight is 221 g/mol. The number of hydrogen-bond donors (Lipinski definition) is 1. The second-order valence-electron chi connectivity index (χ2n) is 4.25. The van der Waals surface area contributed by atoms with Gasteiger partial charge in [-0.15, -0.1) is 0 Å². The molecule has 0 fully saturated rings. The molecular formula is C14H23NO. The van der Waals surface area contributed by atoms with Crippen LogP contribution in [-0.4, -0.2) is 13.2 Å². The Hall–Kier alpha value is -1.02. The molecule has 0 amide bonds. The summed E-state index contributed by atoms with van der Waals surface area (Å²) in [6, 6.07) is 8.34. The van der Waals surface area contributed by atoms with E-state index >= 15 is 0 Å². The van der Waals surface area contributed by atoms with Crippen LogP contribution in [-0.2, 0) is 6.54 Å². The molecule has 1 aromatic carbocycles. The molecule has 2 nitrogen and oxygen atoms in total. The monoisotopic (exact) mass is 221 g/mol. The largest absolute Gasteiger partial charge is 0.493 e. The first-order valence-corrected chi connectivity index (χ1v) is 6.18. The van der Waals surface area contributed by atoms with E-state index in [0.29, 0.717) is 5.92 Å². The van der Waals surface area contributed by atoms with Gasteiger partial charge in [0, 0.05) is 6.54 Å². The summed E-state index contributed by atoms with van der Waals surface area (Å²) in [5, 5.41) is 3.30. The summed E-state index contributed by atoms with van der Waals surface area (Å²) in [4.78, 5) is 0. The quantitative estimate of drug-likeness (QED) is 0.763. The van der Waals surface area contributed by atoms with E-state index < -0.39 is 0 Å². The van der Waals surface area contributed by atoms with Gasteiger partial charge in [0.2, 0.25) is 0 Å². The molecule has 1 N–H and O–H groups in total.